The highest BCUT2D eigenvalue weighted by atomic mass is 35.5. The number of nitrogens with two attached hydrogens (primary N) is 1. The summed E-state index contributed by atoms with van der Waals surface area (Å²) in [6, 6.07) is 0.686. The zero-order chi connectivity index (χ0) is 23.6. The molecule has 0 aromatic heterocycles. The smallest absolute Gasteiger partial charge is 0.416 e. The number of rotatable bonds is 4. The van der Waals surface area contributed by atoms with Gasteiger partial charge in [-0.2, -0.15) is 13.2 Å². The number of nitrogen functional groups attached to an aromatic ring is 1. The van der Waals surface area contributed by atoms with E-state index in [2.05, 4.69) is 0 Å². The molecule has 0 spiro atoms. The number of anilines is 1. The average molecular weight is 466 g/mol. The van der Waals surface area contributed by atoms with Gasteiger partial charge in [0.05, 0.1) is 28.4 Å². The van der Waals surface area contributed by atoms with Crippen molar-refractivity contribution in [3.8, 4) is 0 Å². The Kier molecular flexibility index (Phi) is 7.70. The molecule has 2 rings (SSSR count). The molecular formula is C20H27ClF3N3O4. The topological polar surface area (TPSA) is 85.1 Å². The summed E-state index contributed by atoms with van der Waals surface area (Å²) in [6.07, 6.45) is -5.21. The van der Waals surface area contributed by atoms with Crippen molar-refractivity contribution in [3.63, 3.8) is 0 Å². The van der Waals surface area contributed by atoms with Gasteiger partial charge in [-0.25, -0.2) is 9.59 Å². The second kappa shape index (κ2) is 9.52. The van der Waals surface area contributed by atoms with E-state index in [0.29, 0.717) is 32.2 Å². The maximum atomic E-state index is 13.7. The van der Waals surface area contributed by atoms with E-state index in [9.17, 15) is 22.8 Å². The number of esters is 1. The van der Waals surface area contributed by atoms with Crippen molar-refractivity contribution in [1.82, 2.24) is 9.80 Å². The van der Waals surface area contributed by atoms with Gasteiger partial charge in [-0.3, -0.25) is 4.90 Å². The van der Waals surface area contributed by atoms with Crippen molar-refractivity contribution in [2.75, 3.05) is 38.5 Å². The molecule has 1 aromatic carbocycles. The number of amides is 1. The number of hydrogen-bond donors (Lipinski definition) is 1. The Hall–Kier alpha value is -2.20. The van der Waals surface area contributed by atoms with Crippen LogP contribution in [0.3, 0.4) is 0 Å². The third-order valence-corrected chi connectivity index (χ3v) is 5.04. The van der Waals surface area contributed by atoms with Crippen LogP contribution in [0.15, 0.2) is 6.07 Å². The molecular weight excluding hydrogens is 439 g/mol. The van der Waals surface area contributed by atoms with Crippen molar-refractivity contribution in [3.05, 3.63) is 27.8 Å². The second-order valence-electron chi connectivity index (χ2n) is 8.14. The Morgan fingerprint density at radius 1 is 1.16 bits per heavy atom. The third-order valence-electron chi connectivity index (χ3n) is 4.61. The van der Waals surface area contributed by atoms with Gasteiger partial charge in [0, 0.05) is 32.7 Å². The molecule has 0 unspecified atom stereocenters. The molecule has 1 heterocycles. The fraction of sp³-hybridized carbons (Fsp3) is 0.600. The summed E-state index contributed by atoms with van der Waals surface area (Å²) in [5.41, 5.74) is 3.30. The normalized spacial score (nSPS) is 15.7. The van der Waals surface area contributed by atoms with E-state index < -0.39 is 35.0 Å². The molecule has 0 saturated carbocycles. The lowest BCUT2D eigenvalue weighted by molar-refractivity contribution is -0.138. The fourth-order valence-corrected chi connectivity index (χ4v) is 3.40. The minimum atomic E-state index is -4.74. The van der Waals surface area contributed by atoms with Crippen LogP contribution in [-0.2, 0) is 22.2 Å². The molecule has 31 heavy (non-hydrogen) atoms. The van der Waals surface area contributed by atoms with Crippen LogP contribution in [0.25, 0.3) is 0 Å². The molecule has 1 aliphatic heterocycles. The molecule has 0 radical (unpaired) electrons. The highest BCUT2D eigenvalue weighted by Gasteiger charge is 2.37. The lowest BCUT2D eigenvalue weighted by atomic mass is 10.00. The first kappa shape index (κ1) is 25.1. The summed E-state index contributed by atoms with van der Waals surface area (Å²) in [4.78, 5) is 27.4. The molecule has 0 aliphatic carbocycles. The van der Waals surface area contributed by atoms with Crippen LogP contribution in [0.5, 0.6) is 0 Å². The second-order valence-corrected chi connectivity index (χ2v) is 8.52. The Bertz CT molecular complexity index is 832. The Morgan fingerprint density at radius 3 is 2.23 bits per heavy atom. The van der Waals surface area contributed by atoms with Gasteiger partial charge < -0.3 is 20.1 Å². The molecule has 7 nitrogen and oxygen atoms in total. The van der Waals surface area contributed by atoms with E-state index in [4.69, 9.17) is 26.8 Å². The number of alkyl halides is 3. The highest BCUT2D eigenvalue weighted by molar-refractivity contribution is 6.34. The summed E-state index contributed by atoms with van der Waals surface area (Å²) < 4.78 is 51.3. The van der Waals surface area contributed by atoms with Crippen LogP contribution in [0.4, 0.5) is 23.7 Å². The van der Waals surface area contributed by atoms with Gasteiger partial charge in [0.25, 0.3) is 0 Å². The molecule has 1 fully saturated rings. The van der Waals surface area contributed by atoms with Gasteiger partial charge in [-0.15, -0.1) is 0 Å². The summed E-state index contributed by atoms with van der Waals surface area (Å²) in [6.45, 7) is 7.90. The molecule has 1 amide bonds. The largest absolute Gasteiger partial charge is 0.462 e. The first-order valence-electron chi connectivity index (χ1n) is 9.80. The Labute approximate surface area is 184 Å². The number of hydrogen-bond acceptors (Lipinski definition) is 6. The first-order valence-corrected chi connectivity index (χ1v) is 10.2. The van der Waals surface area contributed by atoms with Crippen molar-refractivity contribution >= 4 is 29.4 Å². The number of halogens is 4. The first-order chi connectivity index (χ1) is 14.2. The van der Waals surface area contributed by atoms with E-state index in [0.717, 1.165) is 0 Å². The van der Waals surface area contributed by atoms with E-state index in [1.165, 1.54) is 11.8 Å². The number of ether oxygens (including phenoxy) is 2. The van der Waals surface area contributed by atoms with Crippen molar-refractivity contribution in [1.29, 1.82) is 0 Å². The number of carbonyl (C=O) groups excluding carboxylic acids is 2. The molecule has 0 atom stereocenters. The van der Waals surface area contributed by atoms with Gasteiger partial charge in [-0.05, 0) is 39.3 Å². The lowest BCUT2D eigenvalue weighted by Crippen LogP contribution is -2.49. The molecule has 174 valence electrons. The van der Waals surface area contributed by atoms with Crippen LogP contribution in [0, 0.1) is 0 Å². The maximum absolute atomic E-state index is 13.7. The van der Waals surface area contributed by atoms with Crippen molar-refractivity contribution in [2.24, 2.45) is 0 Å². The molecule has 11 heteroatoms. The number of nitrogens with zero attached hydrogens (tertiary/aromatic N) is 2. The van der Waals surface area contributed by atoms with Gasteiger partial charge >= 0.3 is 18.2 Å². The van der Waals surface area contributed by atoms with Crippen molar-refractivity contribution in [2.45, 2.75) is 46.0 Å². The lowest BCUT2D eigenvalue weighted by Gasteiger charge is -2.36. The zero-order valence-corrected chi connectivity index (χ0v) is 18.7. The Morgan fingerprint density at radius 2 is 1.74 bits per heavy atom. The minimum absolute atomic E-state index is 0.0130. The summed E-state index contributed by atoms with van der Waals surface area (Å²) in [5, 5.41) is -0.326. The van der Waals surface area contributed by atoms with Crippen LogP contribution >= 0.6 is 11.6 Å². The quantitative estimate of drug-likeness (QED) is 0.530. The predicted octanol–water partition coefficient (Wildman–Crippen LogP) is 4.17. The van der Waals surface area contributed by atoms with Crippen LogP contribution in [0.1, 0.15) is 49.2 Å². The monoisotopic (exact) mass is 465 g/mol. The minimum Gasteiger partial charge on any atom is -0.462 e. The number of benzene rings is 1. The van der Waals surface area contributed by atoms with E-state index in [-0.39, 0.29) is 29.4 Å². The van der Waals surface area contributed by atoms with Crippen LogP contribution in [0.2, 0.25) is 5.02 Å². The van der Waals surface area contributed by atoms with Crippen molar-refractivity contribution < 1.29 is 32.2 Å². The van der Waals surface area contributed by atoms with Gasteiger partial charge in [-0.1, -0.05) is 11.6 Å². The van der Waals surface area contributed by atoms with E-state index >= 15 is 0 Å². The van der Waals surface area contributed by atoms with Crippen LogP contribution in [-0.4, -0.2) is 60.2 Å². The fourth-order valence-electron chi connectivity index (χ4n) is 3.13. The van der Waals surface area contributed by atoms with E-state index in [1.807, 2.05) is 0 Å². The number of piperazine rings is 1. The Balaban J connectivity index is 2.23. The summed E-state index contributed by atoms with van der Waals surface area (Å²) >= 11 is 6.18. The SMILES string of the molecule is CCOC(=O)c1cc(C(F)(F)F)c(CN2CCN(C(=O)OC(C)(C)C)CC2)c(Cl)c1N. The molecule has 1 saturated heterocycles. The maximum Gasteiger partial charge on any atom is 0.416 e. The molecule has 1 aromatic rings. The molecule has 0 bridgehead atoms. The highest BCUT2D eigenvalue weighted by Crippen LogP contribution is 2.40. The number of carbonyl (C=O) groups is 2. The zero-order valence-electron chi connectivity index (χ0n) is 17.9. The molecule has 2 N–H and O–H groups in total. The van der Waals surface area contributed by atoms with Gasteiger partial charge in [0.15, 0.2) is 0 Å². The summed E-state index contributed by atoms with van der Waals surface area (Å²) in [5.74, 6) is -0.968. The van der Waals surface area contributed by atoms with Crippen LogP contribution < -0.4 is 5.73 Å². The average Bonchev–Trinajstić information content (AvgIpc) is 2.64. The van der Waals surface area contributed by atoms with Gasteiger partial charge in [0.2, 0.25) is 0 Å². The van der Waals surface area contributed by atoms with Gasteiger partial charge in [0.1, 0.15) is 5.60 Å². The third kappa shape index (κ3) is 6.39. The summed E-state index contributed by atoms with van der Waals surface area (Å²) in [7, 11) is 0. The predicted molar refractivity (Wildman–Crippen MR) is 110 cm³/mol. The van der Waals surface area contributed by atoms with E-state index in [1.54, 1.807) is 25.7 Å². The standard InChI is InChI=1S/C20H27ClF3N3O4/c1-5-30-17(28)12-10-14(20(22,23)24)13(15(21)16(12)25)11-26-6-8-27(9-7-26)18(29)31-19(2,3)4/h10H,5-9,11,25H2,1-4H3. The molecule has 1 aliphatic rings.